The summed E-state index contributed by atoms with van der Waals surface area (Å²) < 4.78 is 5.28. The second kappa shape index (κ2) is 8.50. The molecule has 1 atom stereocenters. The van der Waals surface area contributed by atoms with E-state index in [1.54, 1.807) is 36.4 Å². The SMILES string of the molecule is CC(NC(C)(C)c1ccccc1OC(C(=O)O)C(=O)O)c1cccc(Cl)c1O. The largest absolute Gasteiger partial charge is 0.506 e. The number of benzene rings is 2. The van der Waals surface area contributed by atoms with E-state index in [1.807, 2.05) is 20.8 Å². The van der Waals surface area contributed by atoms with Gasteiger partial charge in [-0.1, -0.05) is 41.9 Å². The Labute approximate surface area is 167 Å². The molecule has 8 heteroatoms. The second-order valence-corrected chi connectivity index (χ2v) is 7.25. The monoisotopic (exact) mass is 407 g/mol. The number of aromatic hydroxyl groups is 1. The maximum Gasteiger partial charge on any atom is 0.356 e. The fourth-order valence-electron chi connectivity index (χ4n) is 3.00. The minimum Gasteiger partial charge on any atom is -0.506 e. The predicted octanol–water partition coefficient (Wildman–Crippen LogP) is 3.55. The lowest BCUT2D eigenvalue weighted by molar-refractivity contribution is -0.159. The number of phenols is 1. The molecule has 2 aromatic rings. The summed E-state index contributed by atoms with van der Waals surface area (Å²) in [4.78, 5) is 22.4. The highest BCUT2D eigenvalue weighted by Crippen LogP contribution is 2.36. The van der Waals surface area contributed by atoms with Gasteiger partial charge in [-0.05, 0) is 32.9 Å². The number of hydrogen-bond donors (Lipinski definition) is 4. The number of ether oxygens (including phenoxy) is 1. The van der Waals surface area contributed by atoms with Crippen LogP contribution in [0.25, 0.3) is 0 Å². The summed E-state index contributed by atoms with van der Waals surface area (Å²) in [6.07, 6.45) is -2.02. The van der Waals surface area contributed by atoms with Gasteiger partial charge in [0.25, 0.3) is 6.10 Å². The van der Waals surface area contributed by atoms with Gasteiger partial charge < -0.3 is 25.4 Å². The number of rotatable bonds is 8. The molecule has 2 rings (SSSR count). The van der Waals surface area contributed by atoms with Crippen LogP contribution >= 0.6 is 11.6 Å². The van der Waals surface area contributed by atoms with Crippen LogP contribution in [0.2, 0.25) is 5.02 Å². The first-order valence-corrected chi connectivity index (χ1v) is 8.89. The fraction of sp³-hybridized carbons (Fsp3) is 0.300. The Bertz CT molecular complexity index is 869. The molecular formula is C20H22ClNO6. The lowest BCUT2D eigenvalue weighted by Gasteiger charge is -2.33. The second-order valence-electron chi connectivity index (χ2n) is 6.84. The molecule has 0 bridgehead atoms. The van der Waals surface area contributed by atoms with Crippen molar-refractivity contribution in [3.05, 3.63) is 58.6 Å². The molecule has 0 spiro atoms. The molecule has 150 valence electrons. The Kier molecular flexibility index (Phi) is 6.53. The van der Waals surface area contributed by atoms with Crippen molar-refractivity contribution in [2.24, 2.45) is 0 Å². The Morgan fingerprint density at radius 2 is 1.68 bits per heavy atom. The zero-order chi connectivity index (χ0) is 21.1. The van der Waals surface area contributed by atoms with Crippen LogP contribution < -0.4 is 10.1 Å². The number of phenolic OH excluding ortho intramolecular Hbond substituents is 1. The number of halogens is 1. The van der Waals surface area contributed by atoms with Gasteiger partial charge in [-0.2, -0.15) is 0 Å². The summed E-state index contributed by atoms with van der Waals surface area (Å²) in [5.74, 6) is -3.07. The van der Waals surface area contributed by atoms with Crippen LogP contribution in [0.1, 0.15) is 37.9 Å². The quantitative estimate of drug-likeness (QED) is 0.494. The molecule has 2 aromatic carbocycles. The molecule has 0 heterocycles. The van der Waals surface area contributed by atoms with Crippen LogP contribution in [0.15, 0.2) is 42.5 Å². The molecule has 0 saturated carbocycles. The lowest BCUT2D eigenvalue weighted by Crippen LogP contribution is -2.40. The normalized spacial score (nSPS) is 12.6. The molecule has 0 aromatic heterocycles. The molecule has 7 nitrogen and oxygen atoms in total. The average Bonchev–Trinajstić information content (AvgIpc) is 2.61. The van der Waals surface area contributed by atoms with Crippen molar-refractivity contribution in [1.29, 1.82) is 0 Å². The van der Waals surface area contributed by atoms with Crippen LogP contribution in [0.4, 0.5) is 0 Å². The number of nitrogens with one attached hydrogen (secondary N) is 1. The number of para-hydroxylation sites is 2. The zero-order valence-corrected chi connectivity index (χ0v) is 16.4. The van der Waals surface area contributed by atoms with Gasteiger partial charge in [0.1, 0.15) is 11.5 Å². The van der Waals surface area contributed by atoms with Crippen LogP contribution in [0.3, 0.4) is 0 Å². The van der Waals surface area contributed by atoms with E-state index >= 15 is 0 Å². The minimum atomic E-state index is -2.02. The van der Waals surface area contributed by atoms with Crippen LogP contribution in [-0.4, -0.2) is 33.4 Å². The van der Waals surface area contributed by atoms with Crippen molar-refractivity contribution in [2.75, 3.05) is 0 Å². The standard InChI is InChI=1S/C20H22ClNO6/c1-11(12-7-6-9-14(21)16(12)23)22-20(2,3)13-8-4-5-10-15(13)28-17(18(24)25)19(26)27/h4-11,17,22-23H,1-3H3,(H,24,25)(H,26,27). The Hall–Kier alpha value is -2.77. The summed E-state index contributed by atoms with van der Waals surface area (Å²) in [6, 6.07) is 11.3. The van der Waals surface area contributed by atoms with E-state index in [4.69, 9.17) is 26.6 Å². The van der Waals surface area contributed by atoms with E-state index in [0.29, 0.717) is 11.1 Å². The van der Waals surface area contributed by atoms with Crippen molar-refractivity contribution in [3.63, 3.8) is 0 Å². The first-order valence-electron chi connectivity index (χ1n) is 8.51. The van der Waals surface area contributed by atoms with E-state index in [0.717, 1.165) is 0 Å². The third-order valence-corrected chi connectivity index (χ3v) is 4.62. The number of carbonyl (C=O) groups is 2. The summed E-state index contributed by atoms with van der Waals surface area (Å²) in [5, 5.41) is 31.9. The number of aliphatic carboxylic acids is 2. The van der Waals surface area contributed by atoms with Gasteiger partial charge in [-0.3, -0.25) is 0 Å². The lowest BCUT2D eigenvalue weighted by atomic mass is 9.91. The summed E-state index contributed by atoms with van der Waals surface area (Å²) in [7, 11) is 0. The summed E-state index contributed by atoms with van der Waals surface area (Å²) in [5.41, 5.74) is 0.399. The molecule has 0 fully saturated rings. The number of carboxylic acid groups (broad SMARTS) is 2. The molecule has 0 radical (unpaired) electrons. The van der Waals surface area contributed by atoms with E-state index in [9.17, 15) is 14.7 Å². The smallest absolute Gasteiger partial charge is 0.356 e. The highest BCUT2D eigenvalue weighted by Gasteiger charge is 2.32. The minimum absolute atomic E-state index is 0.0266. The predicted molar refractivity (Wildman–Crippen MR) is 104 cm³/mol. The first-order chi connectivity index (χ1) is 13.0. The summed E-state index contributed by atoms with van der Waals surface area (Å²) >= 11 is 5.98. The van der Waals surface area contributed by atoms with Gasteiger partial charge in [0, 0.05) is 22.7 Å². The van der Waals surface area contributed by atoms with Crippen molar-refractivity contribution in [1.82, 2.24) is 5.32 Å². The van der Waals surface area contributed by atoms with E-state index in [2.05, 4.69) is 5.32 Å². The molecule has 0 amide bonds. The Morgan fingerprint density at radius 1 is 1.07 bits per heavy atom. The van der Waals surface area contributed by atoms with E-state index in [-0.39, 0.29) is 22.6 Å². The maximum atomic E-state index is 11.2. The van der Waals surface area contributed by atoms with Gasteiger partial charge in [-0.25, -0.2) is 9.59 Å². The molecule has 0 saturated heterocycles. The Morgan fingerprint density at radius 3 is 2.29 bits per heavy atom. The Balaban J connectivity index is 2.34. The average molecular weight is 408 g/mol. The molecule has 0 aliphatic heterocycles. The molecule has 0 aliphatic rings. The third kappa shape index (κ3) is 4.74. The van der Waals surface area contributed by atoms with Gasteiger partial charge in [-0.15, -0.1) is 0 Å². The fourth-order valence-corrected chi connectivity index (χ4v) is 3.18. The summed E-state index contributed by atoms with van der Waals surface area (Å²) in [6.45, 7) is 5.52. The molecular weight excluding hydrogens is 386 g/mol. The van der Waals surface area contributed by atoms with Crippen molar-refractivity contribution < 1.29 is 29.6 Å². The van der Waals surface area contributed by atoms with Crippen LogP contribution in [-0.2, 0) is 15.1 Å². The molecule has 4 N–H and O–H groups in total. The highest BCUT2D eigenvalue weighted by atomic mass is 35.5. The molecule has 1 unspecified atom stereocenters. The van der Waals surface area contributed by atoms with Crippen molar-refractivity contribution in [3.8, 4) is 11.5 Å². The first kappa shape index (κ1) is 21.5. The third-order valence-electron chi connectivity index (χ3n) is 4.32. The maximum absolute atomic E-state index is 11.2. The van der Waals surface area contributed by atoms with Gasteiger partial charge in [0.15, 0.2) is 0 Å². The van der Waals surface area contributed by atoms with Crippen LogP contribution in [0.5, 0.6) is 11.5 Å². The van der Waals surface area contributed by atoms with Gasteiger partial charge in [0.05, 0.1) is 5.02 Å². The number of hydrogen-bond acceptors (Lipinski definition) is 5. The highest BCUT2D eigenvalue weighted by molar-refractivity contribution is 6.32. The van der Waals surface area contributed by atoms with Gasteiger partial charge >= 0.3 is 11.9 Å². The van der Waals surface area contributed by atoms with E-state index in [1.165, 1.54) is 6.07 Å². The number of carboxylic acids is 2. The van der Waals surface area contributed by atoms with Crippen molar-refractivity contribution >= 4 is 23.5 Å². The molecule has 28 heavy (non-hydrogen) atoms. The van der Waals surface area contributed by atoms with E-state index < -0.39 is 23.6 Å². The molecule has 0 aliphatic carbocycles. The van der Waals surface area contributed by atoms with Crippen molar-refractivity contribution in [2.45, 2.75) is 38.5 Å². The zero-order valence-electron chi connectivity index (χ0n) is 15.6. The van der Waals surface area contributed by atoms with Crippen LogP contribution in [0, 0.1) is 0 Å². The van der Waals surface area contributed by atoms with Gasteiger partial charge in [0.2, 0.25) is 0 Å². The topological polar surface area (TPSA) is 116 Å².